The third-order valence-electron chi connectivity index (χ3n) is 4.66. The highest BCUT2D eigenvalue weighted by atomic mass is 15.2. The van der Waals surface area contributed by atoms with E-state index in [4.69, 9.17) is 0 Å². The lowest BCUT2D eigenvalue weighted by atomic mass is 10.1. The van der Waals surface area contributed by atoms with Gasteiger partial charge in [-0.3, -0.25) is 0 Å². The van der Waals surface area contributed by atoms with Crippen LogP contribution in [0.25, 0.3) is 0 Å². The van der Waals surface area contributed by atoms with Crippen LogP contribution in [0, 0.1) is 6.92 Å². The molecule has 1 N–H and O–H groups in total. The molecule has 2 nitrogen and oxygen atoms in total. The van der Waals surface area contributed by atoms with Gasteiger partial charge in [-0.15, -0.1) is 0 Å². The van der Waals surface area contributed by atoms with Crippen LogP contribution in [0.5, 0.6) is 0 Å². The summed E-state index contributed by atoms with van der Waals surface area (Å²) in [5.74, 6) is 0. The van der Waals surface area contributed by atoms with Crippen molar-refractivity contribution < 1.29 is 0 Å². The van der Waals surface area contributed by atoms with Gasteiger partial charge in [0.2, 0.25) is 0 Å². The Labute approximate surface area is 117 Å². The summed E-state index contributed by atoms with van der Waals surface area (Å²) in [4.78, 5) is 2.60. The summed E-state index contributed by atoms with van der Waals surface area (Å²) in [6, 6.07) is 8.59. The molecule has 1 unspecified atom stereocenters. The van der Waals surface area contributed by atoms with E-state index in [2.05, 4.69) is 42.3 Å². The number of hydrogen-bond acceptors (Lipinski definition) is 2. The number of aryl methyl sites for hydroxylation is 1. The highest BCUT2D eigenvalue weighted by molar-refractivity contribution is 5.52. The van der Waals surface area contributed by atoms with Crippen molar-refractivity contribution in [2.24, 2.45) is 0 Å². The molecule has 2 aliphatic rings. The van der Waals surface area contributed by atoms with E-state index in [1.807, 2.05) is 0 Å². The average Bonchev–Trinajstić information content (AvgIpc) is 3.12. The summed E-state index contributed by atoms with van der Waals surface area (Å²) in [5.41, 5.74) is 4.33. The standard InChI is InChI=1S/C17H26N2/c1-3-16-5-4-10-19(16)17-9-6-14(13(2)11-17)12-18-15-7-8-15/h6,9,11,15-16,18H,3-5,7-8,10,12H2,1-2H3. The van der Waals surface area contributed by atoms with Crippen molar-refractivity contribution in [3.63, 3.8) is 0 Å². The van der Waals surface area contributed by atoms with Crippen molar-refractivity contribution in [3.05, 3.63) is 29.3 Å². The van der Waals surface area contributed by atoms with E-state index in [-0.39, 0.29) is 0 Å². The fourth-order valence-corrected chi connectivity index (χ4v) is 3.20. The Balaban J connectivity index is 1.70. The van der Waals surface area contributed by atoms with Crippen molar-refractivity contribution >= 4 is 5.69 Å². The van der Waals surface area contributed by atoms with E-state index < -0.39 is 0 Å². The zero-order valence-electron chi connectivity index (χ0n) is 12.3. The molecule has 1 aromatic rings. The van der Waals surface area contributed by atoms with E-state index in [0.29, 0.717) is 0 Å². The molecule has 0 bridgehead atoms. The van der Waals surface area contributed by atoms with Gasteiger partial charge in [0.25, 0.3) is 0 Å². The Hall–Kier alpha value is -1.02. The monoisotopic (exact) mass is 258 g/mol. The van der Waals surface area contributed by atoms with Gasteiger partial charge in [0, 0.05) is 30.9 Å². The van der Waals surface area contributed by atoms with Crippen LogP contribution in [0.2, 0.25) is 0 Å². The van der Waals surface area contributed by atoms with E-state index in [1.165, 1.54) is 55.5 Å². The summed E-state index contributed by atoms with van der Waals surface area (Å²) in [6.45, 7) is 6.83. The van der Waals surface area contributed by atoms with Crippen LogP contribution in [0.4, 0.5) is 5.69 Å². The van der Waals surface area contributed by atoms with Crippen molar-refractivity contribution in [2.75, 3.05) is 11.4 Å². The van der Waals surface area contributed by atoms with E-state index >= 15 is 0 Å². The molecule has 1 saturated carbocycles. The van der Waals surface area contributed by atoms with E-state index in [0.717, 1.165) is 18.6 Å². The van der Waals surface area contributed by atoms with Crippen LogP contribution in [0.3, 0.4) is 0 Å². The van der Waals surface area contributed by atoms with Gasteiger partial charge in [0.15, 0.2) is 0 Å². The van der Waals surface area contributed by atoms with Crippen LogP contribution in [-0.2, 0) is 6.54 Å². The molecule has 1 aliphatic heterocycles. The largest absolute Gasteiger partial charge is 0.369 e. The minimum absolute atomic E-state index is 0.759. The summed E-state index contributed by atoms with van der Waals surface area (Å²) >= 11 is 0. The van der Waals surface area contributed by atoms with Gasteiger partial charge in [-0.05, 0) is 62.3 Å². The molecular formula is C17H26N2. The van der Waals surface area contributed by atoms with Crippen molar-refractivity contribution in [1.29, 1.82) is 0 Å². The Morgan fingerprint density at radius 1 is 1.26 bits per heavy atom. The fraction of sp³-hybridized carbons (Fsp3) is 0.647. The molecule has 1 aliphatic carbocycles. The van der Waals surface area contributed by atoms with E-state index in [9.17, 15) is 0 Å². The first-order valence-electron chi connectivity index (χ1n) is 7.87. The lowest BCUT2D eigenvalue weighted by Gasteiger charge is -2.26. The first kappa shape index (κ1) is 13.0. The molecule has 1 atom stereocenters. The molecule has 2 heteroatoms. The van der Waals surface area contributed by atoms with Crippen LogP contribution >= 0.6 is 0 Å². The second kappa shape index (κ2) is 5.54. The first-order valence-corrected chi connectivity index (χ1v) is 7.87. The van der Waals surface area contributed by atoms with Gasteiger partial charge in [0.05, 0.1) is 0 Å². The fourth-order valence-electron chi connectivity index (χ4n) is 3.20. The van der Waals surface area contributed by atoms with Crippen molar-refractivity contribution in [1.82, 2.24) is 5.32 Å². The maximum absolute atomic E-state index is 3.61. The number of rotatable bonds is 5. The highest BCUT2D eigenvalue weighted by Crippen LogP contribution is 2.29. The molecule has 0 spiro atoms. The molecule has 2 fully saturated rings. The minimum Gasteiger partial charge on any atom is -0.369 e. The number of anilines is 1. The third kappa shape index (κ3) is 2.94. The summed E-state index contributed by atoms with van der Waals surface area (Å²) < 4.78 is 0. The molecular weight excluding hydrogens is 232 g/mol. The van der Waals surface area contributed by atoms with Gasteiger partial charge in [-0.1, -0.05) is 13.0 Å². The molecule has 0 aromatic heterocycles. The molecule has 104 valence electrons. The predicted molar refractivity (Wildman–Crippen MR) is 81.7 cm³/mol. The first-order chi connectivity index (χ1) is 9.28. The van der Waals surface area contributed by atoms with E-state index in [1.54, 1.807) is 0 Å². The molecule has 19 heavy (non-hydrogen) atoms. The predicted octanol–water partition coefficient (Wildman–Crippen LogP) is 3.63. The summed E-state index contributed by atoms with van der Waals surface area (Å²) in [5, 5.41) is 3.61. The van der Waals surface area contributed by atoms with Gasteiger partial charge in [0.1, 0.15) is 0 Å². The quantitative estimate of drug-likeness (QED) is 0.867. The second-order valence-corrected chi connectivity index (χ2v) is 6.16. The van der Waals surface area contributed by atoms with Gasteiger partial charge >= 0.3 is 0 Å². The molecule has 1 saturated heterocycles. The topological polar surface area (TPSA) is 15.3 Å². The minimum atomic E-state index is 0.759. The molecule has 0 amide bonds. The Morgan fingerprint density at radius 2 is 2.11 bits per heavy atom. The highest BCUT2D eigenvalue weighted by Gasteiger charge is 2.23. The van der Waals surface area contributed by atoms with Gasteiger partial charge < -0.3 is 10.2 Å². The van der Waals surface area contributed by atoms with Crippen LogP contribution < -0.4 is 10.2 Å². The zero-order chi connectivity index (χ0) is 13.2. The summed E-state index contributed by atoms with van der Waals surface area (Å²) in [6.07, 6.45) is 6.71. The number of hydrogen-bond donors (Lipinski definition) is 1. The van der Waals surface area contributed by atoms with Crippen LogP contribution in [0.15, 0.2) is 18.2 Å². The molecule has 0 radical (unpaired) electrons. The molecule has 3 rings (SSSR count). The molecule has 1 heterocycles. The van der Waals surface area contributed by atoms with Gasteiger partial charge in [-0.25, -0.2) is 0 Å². The number of nitrogens with zero attached hydrogens (tertiary/aromatic N) is 1. The van der Waals surface area contributed by atoms with Crippen LogP contribution in [0.1, 0.15) is 50.2 Å². The number of nitrogens with one attached hydrogen (secondary N) is 1. The third-order valence-corrected chi connectivity index (χ3v) is 4.66. The Morgan fingerprint density at radius 3 is 2.79 bits per heavy atom. The smallest absolute Gasteiger partial charge is 0.0371 e. The van der Waals surface area contributed by atoms with Crippen molar-refractivity contribution in [2.45, 2.75) is 64.6 Å². The Bertz CT molecular complexity index is 437. The van der Waals surface area contributed by atoms with Gasteiger partial charge in [-0.2, -0.15) is 0 Å². The second-order valence-electron chi connectivity index (χ2n) is 6.16. The van der Waals surface area contributed by atoms with Crippen molar-refractivity contribution in [3.8, 4) is 0 Å². The zero-order valence-corrected chi connectivity index (χ0v) is 12.3. The maximum atomic E-state index is 3.61. The molecule has 1 aromatic carbocycles. The maximum Gasteiger partial charge on any atom is 0.0371 e. The Kier molecular flexibility index (Phi) is 3.79. The lowest BCUT2D eigenvalue weighted by Crippen LogP contribution is -2.28. The average molecular weight is 258 g/mol. The summed E-state index contributed by atoms with van der Waals surface area (Å²) in [7, 11) is 0. The lowest BCUT2D eigenvalue weighted by molar-refractivity contribution is 0.645. The van der Waals surface area contributed by atoms with Crippen LogP contribution in [-0.4, -0.2) is 18.6 Å². The number of benzene rings is 1. The normalized spacial score (nSPS) is 23.1. The SMILES string of the molecule is CCC1CCCN1c1ccc(CNC2CC2)c(C)c1.